The van der Waals surface area contributed by atoms with E-state index in [2.05, 4.69) is 56.3 Å². The van der Waals surface area contributed by atoms with E-state index < -0.39 is 0 Å². The van der Waals surface area contributed by atoms with E-state index >= 15 is 0 Å². The van der Waals surface area contributed by atoms with Gasteiger partial charge in [0.05, 0.1) is 20.3 Å². The van der Waals surface area contributed by atoms with Crippen molar-refractivity contribution in [2.75, 3.05) is 20.3 Å². The Kier molecular flexibility index (Phi) is 8.20. The lowest BCUT2D eigenvalue weighted by molar-refractivity contribution is 0.288. The molecule has 0 spiro atoms. The molecule has 0 fully saturated rings. The van der Waals surface area contributed by atoms with Crippen LogP contribution in [0.25, 0.3) is 22.3 Å². The first-order valence-electron chi connectivity index (χ1n) is 10.9. The molecule has 0 unspecified atom stereocenters. The number of hydrogen-bond acceptors (Lipinski definition) is 3. The molecule has 3 aromatic rings. The van der Waals surface area contributed by atoms with Crippen molar-refractivity contribution >= 4 is 0 Å². The highest BCUT2D eigenvalue weighted by atomic mass is 16.5. The first-order chi connectivity index (χ1) is 14.7. The van der Waals surface area contributed by atoms with Crippen molar-refractivity contribution in [1.82, 2.24) is 0 Å². The summed E-state index contributed by atoms with van der Waals surface area (Å²) in [6.45, 7) is 5.81. The summed E-state index contributed by atoms with van der Waals surface area (Å²) in [5, 5.41) is 0. The summed E-state index contributed by atoms with van der Waals surface area (Å²) in [7, 11) is 1.69. The molecule has 0 aliphatic carbocycles. The van der Waals surface area contributed by atoms with Crippen molar-refractivity contribution in [2.45, 2.75) is 39.5 Å². The maximum Gasteiger partial charge on any atom is 0.161 e. The number of rotatable bonds is 11. The molecule has 3 rings (SSSR count). The molecule has 0 atom stereocenters. The molecule has 3 aromatic carbocycles. The van der Waals surface area contributed by atoms with Gasteiger partial charge >= 0.3 is 0 Å². The van der Waals surface area contributed by atoms with Crippen LogP contribution in [0.5, 0.6) is 17.2 Å². The van der Waals surface area contributed by atoms with Gasteiger partial charge in [0.1, 0.15) is 5.75 Å². The van der Waals surface area contributed by atoms with Gasteiger partial charge in [0, 0.05) is 0 Å². The highest BCUT2D eigenvalue weighted by Crippen LogP contribution is 2.33. The van der Waals surface area contributed by atoms with Gasteiger partial charge in [0.2, 0.25) is 0 Å². The Morgan fingerprint density at radius 3 is 1.63 bits per heavy atom. The number of ether oxygens (including phenoxy) is 3. The standard InChI is InChI=1S/C27H32O3/c1-4-6-18-29-25-15-12-22(13-16-25)21-8-10-23(11-9-21)24-14-17-26(27(20-24)28-3)30-19-7-5-2/h8-17,20H,4-7,18-19H2,1-3H3. The number of benzene rings is 3. The van der Waals surface area contributed by atoms with Crippen LogP contribution in [-0.2, 0) is 0 Å². The van der Waals surface area contributed by atoms with Crippen LogP contribution in [0.3, 0.4) is 0 Å². The summed E-state index contributed by atoms with van der Waals surface area (Å²) in [6.07, 6.45) is 4.38. The lowest BCUT2D eigenvalue weighted by atomic mass is 10.00. The van der Waals surface area contributed by atoms with Crippen molar-refractivity contribution in [3.05, 3.63) is 66.7 Å². The van der Waals surface area contributed by atoms with E-state index in [9.17, 15) is 0 Å². The topological polar surface area (TPSA) is 27.7 Å². The van der Waals surface area contributed by atoms with Crippen LogP contribution in [0.15, 0.2) is 66.7 Å². The van der Waals surface area contributed by atoms with E-state index in [0.717, 1.165) is 60.7 Å². The fourth-order valence-corrected chi connectivity index (χ4v) is 3.23. The van der Waals surface area contributed by atoms with Gasteiger partial charge in [0.25, 0.3) is 0 Å². The molecule has 0 heterocycles. The predicted octanol–water partition coefficient (Wildman–Crippen LogP) is 7.39. The summed E-state index contributed by atoms with van der Waals surface area (Å²) in [5.41, 5.74) is 4.63. The molecular formula is C27H32O3. The molecule has 0 N–H and O–H groups in total. The third-order valence-electron chi connectivity index (χ3n) is 5.09. The van der Waals surface area contributed by atoms with Crippen LogP contribution in [0.2, 0.25) is 0 Å². The molecule has 3 heteroatoms. The van der Waals surface area contributed by atoms with Gasteiger partial charge < -0.3 is 14.2 Å². The monoisotopic (exact) mass is 404 g/mol. The zero-order chi connectivity index (χ0) is 21.2. The highest BCUT2D eigenvalue weighted by Gasteiger charge is 2.08. The van der Waals surface area contributed by atoms with E-state index in [1.807, 2.05) is 24.3 Å². The molecule has 30 heavy (non-hydrogen) atoms. The van der Waals surface area contributed by atoms with E-state index in [1.54, 1.807) is 7.11 Å². The number of unbranched alkanes of at least 4 members (excludes halogenated alkanes) is 2. The van der Waals surface area contributed by atoms with Gasteiger partial charge in [-0.1, -0.05) is 69.2 Å². The average Bonchev–Trinajstić information content (AvgIpc) is 2.80. The molecule has 158 valence electrons. The van der Waals surface area contributed by atoms with Crippen LogP contribution in [-0.4, -0.2) is 20.3 Å². The van der Waals surface area contributed by atoms with Gasteiger partial charge in [-0.15, -0.1) is 0 Å². The molecule has 3 nitrogen and oxygen atoms in total. The first kappa shape index (κ1) is 21.8. The molecular weight excluding hydrogens is 372 g/mol. The van der Waals surface area contributed by atoms with Gasteiger partial charge in [-0.3, -0.25) is 0 Å². The Bertz CT molecular complexity index is 898. The van der Waals surface area contributed by atoms with Crippen LogP contribution < -0.4 is 14.2 Å². The van der Waals surface area contributed by atoms with Gasteiger partial charge in [0.15, 0.2) is 11.5 Å². The molecule has 0 saturated heterocycles. The third-order valence-corrected chi connectivity index (χ3v) is 5.09. The molecule has 0 bridgehead atoms. The predicted molar refractivity (Wildman–Crippen MR) is 125 cm³/mol. The first-order valence-corrected chi connectivity index (χ1v) is 10.9. The summed E-state index contributed by atoms with van der Waals surface area (Å²) in [6, 6.07) is 23.0. The molecule has 0 aliphatic heterocycles. The minimum absolute atomic E-state index is 0.712. The van der Waals surface area contributed by atoms with Crippen LogP contribution in [0.4, 0.5) is 0 Å². The molecule has 0 saturated carbocycles. The summed E-state index contributed by atoms with van der Waals surface area (Å²) < 4.78 is 17.1. The zero-order valence-corrected chi connectivity index (χ0v) is 18.3. The largest absolute Gasteiger partial charge is 0.494 e. The second-order valence-electron chi connectivity index (χ2n) is 7.37. The molecule has 0 amide bonds. The molecule has 0 aliphatic rings. The normalized spacial score (nSPS) is 10.6. The second kappa shape index (κ2) is 11.3. The van der Waals surface area contributed by atoms with Crippen molar-refractivity contribution < 1.29 is 14.2 Å². The van der Waals surface area contributed by atoms with Gasteiger partial charge in [-0.05, 0) is 59.4 Å². The second-order valence-corrected chi connectivity index (χ2v) is 7.37. The minimum Gasteiger partial charge on any atom is -0.494 e. The van der Waals surface area contributed by atoms with Crippen LogP contribution in [0, 0.1) is 0 Å². The van der Waals surface area contributed by atoms with Crippen molar-refractivity contribution in [2.24, 2.45) is 0 Å². The highest BCUT2D eigenvalue weighted by molar-refractivity contribution is 5.72. The zero-order valence-electron chi connectivity index (χ0n) is 18.3. The third kappa shape index (κ3) is 5.79. The maximum atomic E-state index is 5.84. The molecule has 0 radical (unpaired) electrons. The van der Waals surface area contributed by atoms with Crippen molar-refractivity contribution in [3.63, 3.8) is 0 Å². The fraction of sp³-hybridized carbons (Fsp3) is 0.333. The van der Waals surface area contributed by atoms with E-state index in [1.165, 1.54) is 11.1 Å². The van der Waals surface area contributed by atoms with Crippen molar-refractivity contribution in [3.8, 4) is 39.5 Å². The Labute approximate surface area is 180 Å². The summed E-state index contributed by atoms with van der Waals surface area (Å²) in [4.78, 5) is 0. The number of hydrogen-bond donors (Lipinski definition) is 0. The maximum absolute atomic E-state index is 5.84. The Morgan fingerprint density at radius 2 is 1.07 bits per heavy atom. The van der Waals surface area contributed by atoms with Gasteiger partial charge in [-0.25, -0.2) is 0 Å². The summed E-state index contributed by atoms with van der Waals surface area (Å²) in [5.74, 6) is 2.50. The quantitative estimate of drug-likeness (QED) is 0.312. The SMILES string of the molecule is CCCCOc1ccc(-c2ccc(-c3ccc(OCCCC)c(OC)c3)cc2)cc1. The van der Waals surface area contributed by atoms with E-state index in [0.29, 0.717) is 6.61 Å². The van der Waals surface area contributed by atoms with Crippen LogP contribution >= 0.6 is 0 Å². The summed E-state index contributed by atoms with van der Waals surface area (Å²) >= 11 is 0. The smallest absolute Gasteiger partial charge is 0.161 e. The molecule has 0 aromatic heterocycles. The lowest BCUT2D eigenvalue weighted by Crippen LogP contribution is -1.98. The average molecular weight is 405 g/mol. The fourth-order valence-electron chi connectivity index (χ4n) is 3.23. The van der Waals surface area contributed by atoms with Gasteiger partial charge in [-0.2, -0.15) is 0 Å². The van der Waals surface area contributed by atoms with E-state index in [-0.39, 0.29) is 0 Å². The van der Waals surface area contributed by atoms with E-state index in [4.69, 9.17) is 14.2 Å². The number of methoxy groups -OCH3 is 1. The van der Waals surface area contributed by atoms with Crippen molar-refractivity contribution in [1.29, 1.82) is 0 Å². The Morgan fingerprint density at radius 1 is 0.567 bits per heavy atom. The minimum atomic E-state index is 0.712. The Balaban J connectivity index is 1.70. The Hall–Kier alpha value is -2.94. The lowest BCUT2D eigenvalue weighted by Gasteiger charge is -2.12. The van der Waals surface area contributed by atoms with Crippen LogP contribution in [0.1, 0.15) is 39.5 Å².